The molecule has 3 aromatic heterocycles. The summed E-state index contributed by atoms with van der Waals surface area (Å²) in [7, 11) is 1.65. The van der Waals surface area contributed by atoms with Gasteiger partial charge in [0, 0.05) is 25.0 Å². The lowest BCUT2D eigenvalue weighted by Gasteiger charge is -2.32. The van der Waals surface area contributed by atoms with Crippen molar-refractivity contribution >= 4 is 27.5 Å². The molecule has 1 amide bonds. The number of fused-ring (bicyclic) bond motifs is 1. The van der Waals surface area contributed by atoms with Crippen molar-refractivity contribution in [3.05, 3.63) is 45.8 Å². The number of amides is 1. The lowest BCUT2D eigenvalue weighted by Crippen LogP contribution is -2.46. The van der Waals surface area contributed by atoms with Crippen LogP contribution >= 0.6 is 11.3 Å². The Morgan fingerprint density at radius 3 is 2.92 bits per heavy atom. The van der Waals surface area contributed by atoms with E-state index in [0.29, 0.717) is 36.0 Å². The van der Waals surface area contributed by atoms with Gasteiger partial charge in [0.2, 0.25) is 0 Å². The fourth-order valence-corrected chi connectivity index (χ4v) is 3.93. The number of rotatable bonds is 2. The summed E-state index contributed by atoms with van der Waals surface area (Å²) in [5.41, 5.74) is 1.01. The molecule has 0 N–H and O–H groups in total. The van der Waals surface area contributed by atoms with Crippen LogP contribution in [0.4, 0.5) is 0 Å². The SMILES string of the molecule is C[C@@H]1COCCN1C(=O)c1cc2ccc(-c3cc(=O)n(C)cn3)nc2s1. The van der Waals surface area contributed by atoms with Gasteiger partial charge in [0.1, 0.15) is 4.83 Å². The first-order valence-corrected chi connectivity index (χ1v) is 9.17. The molecular weight excluding hydrogens is 352 g/mol. The molecule has 1 fully saturated rings. The van der Waals surface area contributed by atoms with Gasteiger partial charge in [0.05, 0.1) is 41.8 Å². The Balaban J connectivity index is 1.68. The normalized spacial score (nSPS) is 17.6. The van der Waals surface area contributed by atoms with E-state index in [2.05, 4.69) is 9.97 Å². The largest absolute Gasteiger partial charge is 0.377 e. The van der Waals surface area contributed by atoms with E-state index >= 15 is 0 Å². The zero-order valence-electron chi connectivity index (χ0n) is 14.5. The smallest absolute Gasteiger partial charge is 0.264 e. The van der Waals surface area contributed by atoms with Gasteiger partial charge in [-0.3, -0.25) is 9.59 Å². The molecule has 0 saturated carbocycles. The van der Waals surface area contributed by atoms with Crippen molar-refractivity contribution in [3.63, 3.8) is 0 Å². The number of hydrogen-bond acceptors (Lipinski definition) is 6. The number of hydrogen-bond donors (Lipinski definition) is 0. The van der Waals surface area contributed by atoms with E-state index < -0.39 is 0 Å². The van der Waals surface area contributed by atoms with E-state index in [1.165, 1.54) is 28.3 Å². The maximum atomic E-state index is 12.8. The Bertz CT molecular complexity index is 1040. The number of ether oxygens (including phenoxy) is 1. The minimum Gasteiger partial charge on any atom is -0.377 e. The molecule has 0 spiro atoms. The lowest BCUT2D eigenvalue weighted by atomic mass is 10.2. The summed E-state index contributed by atoms with van der Waals surface area (Å²) in [6.07, 6.45) is 1.48. The first kappa shape index (κ1) is 16.9. The zero-order valence-corrected chi connectivity index (χ0v) is 15.3. The van der Waals surface area contributed by atoms with E-state index in [-0.39, 0.29) is 17.5 Å². The van der Waals surface area contributed by atoms with Crippen LogP contribution in [0, 0.1) is 0 Å². The lowest BCUT2D eigenvalue weighted by molar-refractivity contribution is 0.00387. The monoisotopic (exact) mass is 370 g/mol. The molecule has 7 nitrogen and oxygen atoms in total. The third-order valence-corrected chi connectivity index (χ3v) is 5.50. The number of thiophene rings is 1. The second kappa shape index (κ2) is 6.62. The maximum Gasteiger partial charge on any atom is 0.264 e. The highest BCUT2D eigenvalue weighted by molar-refractivity contribution is 7.20. The number of aromatic nitrogens is 3. The Morgan fingerprint density at radius 1 is 1.31 bits per heavy atom. The molecule has 0 bridgehead atoms. The second-order valence-corrected chi connectivity index (χ2v) is 7.38. The molecule has 4 rings (SSSR count). The van der Waals surface area contributed by atoms with Crippen LogP contribution in [0.3, 0.4) is 0 Å². The van der Waals surface area contributed by atoms with Crippen LogP contribution in [-0.4, -0.2) is 51.1 Å². The summed E-state index contributed by atoms with van der Waals surface area (Å²) >= 11 is 1.36. The van der Waals surface area contributed by atoms with Crippen molar-refractivity contribution in [2.45, 2.75) is 13.0 Å². The molecule has 0 aliphatic carbocycles. The third kappa shape index (κ3) is 3.02. The van der Waals surface area contributed by atoms with Crippen LogP contribution < -0.4 is 5.56 Å². The van der Waals surface area contributed by atoms with E-state index in [9.17, 15) is 9.59 Å². The summed E-state index contributed by atoms with van der Waals surface area (Å²) < 4.78 is 6.81. The number of aryl methyl sites for hydroxylation is 1. The van der Waals surface area contributed by atoms with E-state index in [0.717, 1.165) is 10.2 Å². The van der Waals surface area contributed by atoms with Crippen LogP contribution in [0.1, 0.15) is 16.6 Å². The average Bonchev–Trinajstić information content (AvgIpc) is 3.07. The summed E-state index contributed by atoms with van der Waals surface area (Å²) in [4.78, 5) is 36.7. The summed E-state index contributed by atoms with van der Waals surface area (Å²) in [5, 5.41) is 0.909. The predicted molar refractivity (Wildman–Crippen MR) is 99.4 cm³/mol. The molecule has 0 aromatic carbocycles. The maximum absolute atomic E-state index is 12.8. The van der Waals surface area contributed by atoms with Crippen molar-refractivity contribution in [1.82, 2.24) is 19.4 Å². The van der Waals surface area contributed by atoms with E-state index in [1.807, 2.05) is 30.0 Å². The second-order valence-electron chi connectivity index (χ2n) is 6.35. The minimum atomic E-state index is -0.139. The van der Waals surface area contributed by atoms with Crippen LogP contribution in [-0.2, 0) is 11.8 Å². The fourth-order valence-electron chi connectivity index (χ4n) is 2.94. The fraction of sp³-hybridized carbons (Fsp3) is 0.333. The molecule has 1 atom stereocenters. The Morgan fingerprint density at radius 2 is 2.15 bits per heavy atom. The standard InChI is InChI=1S/C18H18N4O3S/c1-11-9-25-6-5-22(11)18(24)15-7-12-3-4-13(20-17(12)26-15)14-8-16(23)21(2)10-19-14/h3-4,7-8,10-11H,5-6,9H2,1-2H3/t11-/m1/s1. The highest BCUT2D eigenvalue weighted by Crippen LogP contribution is 2.28. The molecule has 0 unspecified atom stereocenters. The Hall–Kier alpha value is -2.58. The van der Waals surface area contributed by atoms with Crippen LogP contribution in [0.25, 0.3) is 21.6 Å². The molecule has 4 heterocycles. The predicted octanol–water partition coefficient (Wildman–Crippen LogP) is 1.92. The molecule has 1 aliphatic heterocycles. The van der Waals surface area contributed by atoms with Gasteiger partial charge < -0.3 is 14.2 Å². The van der Waals surface area contributed by atoms with E-state index in [4.69, 9.17) is 4.74 Å². The van der Waals surface area contributed by atoms with Gasteiger partial charge in [-0.1, -0.05) is 0 Å². The quantitative estimate of drug-likeness (QED) is 0.689. The Labute approximate surface area is 153 Å². The highest BCUT2D eigenvalue weighted by atomic mass is 32.1. The van der Waals surface area contributed by atoms with Gasteiger partial charge >= 0.3 is 0 Å². The zero-order chi connectivity index (χ0) is 18.3. The van der Waals surface area contributed by atoms with Crippen molar-refractivity contribution in [1.29, 1.82) is 0 Å². The third-order valence-electron chi connectivity index (χ3n) is 4.46. The molecule has 1 aliphatic rings. The topological polar surface area (TPSA) is 77.3 Å². The number of carbonyl (C=O) groups is 1. The van der Waals surface area contributed by atoms with Gasteiger partial charge in [0.15, 0.2) is 0 Å². The molecule has 26 heavy (non-hydrogen) atoms. The van der Waals surface area contributed by atoms with Gasteiger partial charge in [-0.15, -0.1) is 11.3 Å². The molecule has 8 heteroatoms. The molecule has 0 radical (unpaired) electrons. The van der Waals surface area contributed by atoms with Crippen molar-refractivity contribution in [3.8, 4) is 11.4 Å². The van der Waals surface area contributed by atoms with Gasteiger partial charge in [-0.2, -0.15) is 0 Å². The Kier molecular flexibility index (Phi) is 4.29. The number of carbonyl (C=O) groups excluding carboxylic acids is 1. The van der Waals surface area contributed by atoms with Crippen LogP contribution in [0.2, 0.25) is 0 Å². The van der Waals surface area contributed by atoms with Crippen molar-refractivity contribution in [2.24, 2.45) is 7.05 Å². The van der Waals surface area contributed by atoms with Crippen molar-refractivity contribution < 1.29 is 9.53 Å². The average molecular weight is 370 g/mol. The molecule has 134 valence electrons. The number of pyridine rings is 1. The van der Waals surface area contributed by atoms with Gasteiger partial charge in [0.25, 0.3) is 11.5 Å². The highest BCUT2D eigenvalue weighted by Gasteiger charge is 2.26. The molecule has 1 saturated heterocycles. The van der Waals surface area contributed by atoms with E-state index in [1.54, 1.807) is 7.05 Å². The minimum absolute atomic E-state index is 0.0112. The summed E-state index contributed by atoms with van der Waals surface area (Å²) in [6.45, 7) is 3.72. The molecule has 3 aromatic rings. The van der Waals surface area contributed by atoms with Crippen LogP contribution in [0.5, 0.6) is 0 Å². The first-order valence-electron chi connectivity index (χ1n) is 8.35. The number of morpholine rings is 1. The summed E-state index contributed by atoms with van der Waals surface area (Å²) in [5.74, 6) is 0.0112. The first-order chi connectivity index (χ1) is 12.5. The number of nitrogens with zero attached hydrogens (tertiary/aromatic N) is 4. The van der Waals surface area contributed by atoms with Gasteiger partial charge in [-0.25, -0.2) is 9.97 Å². The molecular formula is C18H18N4O3S. The summed E-state index contributed by atoms with van der Waals surface area (Å²) in [6, 6.07) is 7.13. The van der Waals surface area contributed by atoms with Crippen LogP contribution in [0.15, 0.2) is 35.4 Å². The van der Waals surface area contributed by atoms with Crippen molar-refractivity contribution in [2.75, 3.05) is 19.8 Å². The van der Waals surface area contributed by atoms with Gasteiger partial charge in [-0.05, 0) is 25.1 Å².